The third-order valence-corrected chi connectivity index (χ3v) is 6.57. The van der Waals surface area contributed by atoms with Crippen LogP contribution in [0.2, 0.25) is 0 Å². The fourth-order valence-electron chi connectivity index (χ4n) is 3.03. The summed E-state index contributed by atoms with van der Waals surface area (Å²) in [4.78, 5) is 13.3. The number of rotatable bonds is 4. The van der Waals surface area contributed by atoms with E-state index in [-0.39, 0.29) is 31.7 Å². The van der Waals surface area contributed by atoms with Crippen LogP contribution in [0.5, 0.6) is 0 Å². The van der Waals surface area contributed by atoms with Crippen molar-refractivity contribution in [3.63, 3.8) is 0 Å². The molecule has 1 heterocycles. The molecule has 1 amide bonds. The molecule has 10 heteroatoms. The second kappa shape index (κ2) is 8.57. The molecule has 0 radical (unpaired) electrons. The Morgan fingerprint density at radius 3 is 2.27 bits per heavy atom. The predicted octanol–water partition coefficient (Wildman–Crippen LogP) is 3.39. The predicted molar refractivity (Wildman–Crippen MR) is 102 cm³/mol. The number of hydrogen-bond acceptors (Lipinski definition) is 3. The molecular formula is C20H18F4N2O3S. The minimum atomic E-state index is -4.48. The molecule has 3 rings (SSSR count). The van der Waals surface area contributed by atoms with E-state index in [0.29, 0.717) is 0 Å². The number of carbonyl (C=O) groups excluding carboxylic acids is 1. The summed E-state index contributed by atoms with van der Waals surface area (Å²) in [5.74, 6) is -1.30. The zero-order chi connectivity index (χ0) is 21.9. The standard InChI is InChI=1S/C20H18F4N2O3S/c21-17-6-1-2-7-18(17)30(28,29)26-12-10-25(11-13-26)19(27)9-8-15-4-3-5-16(14-15)20(22,23)24/h1-9,14H,10-13H2. The molecule has 1 aliphatic rings. The van der Waals surface area contributed by atoms with Gasteiger partial charge in [-0.3, -0.25) is 4.79 Å². The number of alkyl halides is 3. The molecule has 2 aromatic rings. The summed E-state index contributed by atoms with van der Waals surface area (Å²) in [7, 11) is -4.02. The lowest BCUT2D eigenvalue weighted by Crippen LogP contribution is -2.50. The van der Waals surface area contributed by atoms with Crippen LogP contribution in [0.3, 0.4) is 0 Å². The highest BCUT2D eigenvalue weighted by Gasteiger charge is 2.32. The summed E-state index contributed by atoms with van der Waals surface area (Å²) in [5, 5.41) is 0. The van der Waals surface area contributed by atoms with E-state index in [1.165, 1.54) is 41.3 Å². The quantitative estimate of drug-likeness (QED) is 0.539. The minimum Gasteiger partial charge on any atom is -0.337 e. The summed E-state index contributed by atoms with van der Waals surface area (Å²) in [6, 6.07) is 9.62. The first-order valence-electron chi connectivity index (χ1n) is 8.98. The Kier molecular flexibility index (Phi) is 6.27. The lowest BCUT2D eigenvalue weighted by atomic mass is 10.1. The number of sulfonamides is 1. The molecule has 0 bridgehead atoms. The second-order valence-electron chi connectivity index (χ2n) is 6.62. The van der Waals surface area contributed by atoms with Crippen molar-refractivity contribution in [3.8, 4) is 0 Å². The summed E-state index contributed by atoms with van der Waals surface area (Å²) < 4.78 is 78.4. The zero-order valence-corrected chi connectivity index (χ0v) is 16.5. The Morgan fingerprint density at radius 2 is 1.63 bits per heavy atom. The van der Waals surface area contributed by atoms with Crippen LogP contribution >= 0.6 is 0 Å². The average Bonchev–Trinajstić information content (AvgIpc) is 2.72. The number of piperazine rings is 1. The molecule has 0 aromatic heterocycles. The minimum absolute atomic E-state index is 0.0141. The van der Waals surface area contributed by atoms with Crippen LogP contribution in [-0.4, -0.2) is 49.7 Å². The monoisotopic (exact) mass is 442 g/mol. The molecule has 0 atom stereocenters. The number of amides is 1. The highest BCUT2D eigenvalue weighted by molar-refractivity contribution is 7.89. The number of carbonyl (C=O) groups is 1. The lowest BCUT2D eigenvalue weighted by Gasteiger charge is -2.33. The zero-order valence-electron chi connectivity index (χ0n) is 15.6. The van der Waals surface area contributed by atoms with Gasteiger partial charge in [-0.2, -0.15) is 17.5 Å². The van der Waals surface area contributed by atoms with E-state index >= 15 is 0 Å². The van der Waals surface area contributed by atoms with Gasteiger partial charge in [-0.25, -0.2) is 12.8 Å². The fourth-order valence-corrected chi connectivity index (χ4v) is 4.52. The first kappa shape index (κ1) is 22.0. The summed E-state index contributed by atoms with van der Waals surface area (Å²) in [5.41, 5.74) is -0.594. The van der Waals surface area contributed by atoms with E-state index < -0.39 is 38.4 Å². The SMILES string of the molecule is O=C(C=Cc1cccc(C(F)(F)F)c1)N1CCN(S(=O)(=O)c2ccccc2F)CC1. The van der Waals surface area contributed by atoms with Crippen molar-refractivity contribution in [2.45, 2.75) is 11.1 Å². The molecule has 0 unspecified atom stereocenters. The molecule has 0 spiro atoms. The maximum absolute atomic E-state index is 13.9. The van der Waals surface area contributed by atoms with E-state index in [1.807, 2.05) is 0 Å². The van der Waals surface area contributed by atoms with Crippen molar-refractivity contribution < 1.29 is 30.8 Å². The van der Waals surface area contributed by atoms with Gasteiger partial charge < -0.3 is 4.90 Å². The van der Waals surface area contributed by atoms with Gasteiger partial charge in [-0.05, 0) is 35.9 Å². The van der Waals surface area contributed by atoms with Crippen LogP contribution in [0.25, 0.3) is 6.08 Å². The molecule has 160 valence electrons. The Hall–Kier alpha value is -2.72. The highest BCUT2D eigenvalue weighted by Crippen LogP contribution is 2.29. The van der Waals surface area contributed by atoms with Crippen molar-refractivity contribution in [3.05, 3.63) is 71.6 Å². The first-order chi connectivity index (χ1) is 14.1. The highest BCUT2D eigenvalue weighted by atomic mass is 32.2. The normalized spacial score (nSPS) is 16.2. The second-order valence-corrected chi connectivity index (χ2v) is 8.52. The maximum Gasteiger partial charge on any atom is 0.416 e. The van der Waals surface area contributed by atoms with Gasteiger partial charge >= 0.3 is 6.18 Å². The average molecular weight is 442 g/mol. The van der Waals surface area contributed by atoms with Gasteiger partial charge in [0, 0.05) is 32.3 Å². The van der Waals surface area contributed by atoms with E-state index in [9.17, 15) is 30.8 Å². The Balaban J connectivity index is 1.63. The van der Waals surface area contributed by atoms with Crippen molar-refractivity contribution in [1.82, 2.24) is 9.21 Å². The van der Waals surface area contributed by atoms with Crippen LogP contribution in [0, 0.1) is 5.82 Å². The number of halogens is 4. The summed E-state index contributed by atoms with van der Waals surface area (Å²) in [6.45, 7) is 0.137. The van der Waals surface area contributed by atoms with Gasteiger partial charge in [0.15, 0.2) is 0 Å². The van der Waals surface area contributed by atoms with E-state index in [1.54, 1.807) is 0 Å². The van der Waals surface area contributed by atoms with Crippen LogP contribution in [0.15, 0.2) is 59.5 Å². The third-order valence-electron chi connectivity index (χ3n) is 4.64. The third kappa shape index (κ3) is 4.88. The molecule has 1 saturated heterocycles. The van der Waals surface area contributed by atoms with Crippen molar-refractivity contribution in [1.29, 1.82) is 0 Å². The Bertz CT molecular complexity index is 1060. The van der Waals surface area contributed by atoms with Gasteiger partial charge in [-0.1, -0.05) is 24.3 Å². The van der Waals surface area contributed by atoms with Gasteiger partial charge in [0.25, 0.3) is 0 Å². The number of benzene rings is 2. The summed E-state index contributed by atoms with van der Waals surface area (Å²) >= 11 is 0. The molecule has 0 N–H and O–H groups in total. The molecule has 0 saturated carbocycles. The van der Waals surface area contributed by atoms with Gasteiger partial charge in [0.1, 0.15) is 10.7 Å². The van der Waals surface area contributed by atoms with Crippen molar-refractivity contribution in [2.75, 3.05) is 26.2 Å². The molecule has 2 aromatic carbocycles. The lowest BCUT2D eigenvalue weighted by molar-refractivity contribution is -0.137. The van der Waals surface area contributed by atoms with E-state index in [4.69, 9.17) is 0 Å². The molecule has 5 nitrogen and oxygen atoms in total. The maximum atomic E-state index is 13.9. The van der Waals surface area contributed by atoms with Crippen LogP contribution in [0.1, 0.15) is 11.1 Å². The molecule has 1 fully saturated rings. The molecule has 1 aliphatic heterocycles. The molecule has 30 heavy (non-hydrogen) atoms. The number of hydrogen-bond donors (Lipinski definition) is 0. The van der Waals surface area contributed by atoms with E-state index in [0.717, 1.165) is 28.6 Å². The van der Waals surface area contributed by atoms with Crippen LogP contribution < -0.4 is 0 Å². The van der Waals surface area contributed by atoms with Crippen LogP contribution in [0.4, 0.5) is 17.6 Å². The summed E-state index contributed by atoms with van der Waals surface area (Å²) in [6.07, 6.45) is -2.05. The van der Waals surface area contributed by atoms with Crippen molar-refractivity contribution in [2.24, 2.45) is 0 Å². The van der Waals surface area contributed by atoms with E-state index in [2.05, 4.69) is 0 Å². The van der Waals surface area contributed by atoms with Gasteiger partial charge in [0.05, 0.1) is 5.56 Å². The smallest absolute Gasteiger partial charge is 0.337 e. The number of nitrogens with zero attached hydrogens (tertiary/aromatic N) is 2. The van der Waals surface area contributed by atoms with Gasteiger partial charge in [-0.15, -0.1) is 0 Å². The van der Waals surface area contributed by atoms with Crippen LogP contribution in [-0.2, 0) is 21.0 Å². The Morgan fingerprint density at radius 1 is 0.967 bits per heavy atom. The first-order valence-corrected chi connectivity index (χ1v) is 10.4. The Labute approximate surface area is 171 Å². The van der Waals surface area contributed by atoms with Gasteiger partial charge in [0.2, 0.25) is 15.9 Å². The molecular weight excluding hydrogens is 424 g/mol. The molecule has 0 aliphatic carbocycles. The largest absolute Gasteiger partial charge is 0.416 e. The fraction of sp³-hybridized carbons (Fsp3) is 0.250. The van der Waals surface area contributed by atoms with Crippen molar-refractivity contribution >= 4 is 22.0 Å². The topological polar surface area (TPSA) is 57.7 Å².